The normalized spacial score (nSPS) is 28.0. The second kappa shape index (κ2) is 10.2. The highest BCUT2D eigenvalue weighted by molar-refractivity contribution is 5.96. The van der Waals surface area contributed by atoms with Crippen LogP contribution in [0.3, 0.4) is 0 Å². The van der Waals surface area contributed by atoms with Crippen molar-refractivity contribution in [2.24, 2.45) is 5.92 Å². The minimum atomic E-state index is -0.842. The topological polar surface area (TPSA) is 120 Å². The highest BCUT2D eigenvalue weighted by Crippen LogP contribution is 2.27. The summed E-state index contributed by atoms with van der Waals surface area (Å²) in [6.07, 6.45) is 3.72. The number of hydrogen-bond acceptors (Lipinski definition) is 7. The molecule has 4 atom stereocenters. The number of ketones is 1. The van der Waals surface area contributed by atoms with Gasteiger partial charge in [0, 0.05) is 26.2 Å². The molecule has 172 valence electrons. The Kier molecular flexibility index (Phi) is 7.19. The van der Waals surface area contributed by atoms with Crippen molar-refractivity contribution in [2.45, 2.75) is 43.9 Å². The number of rotatable bonds is 5. The molecule has 2 amide bonds. The molecule has 0 saturated carbocycles. The van der Waals surface area contributed by atoms with Gasteiger partial charge in [-0.05, 0) is 36.8 Å². The maximum Gasteiger partial charge on any atom is 0.410 e. The molecule has 3 heterocycles. The summed E-state index contributed by atoms with van der Waals surface area (Å²) < 4.78 is 5.58. The molecule has 9 heteroatoms. The van der Waals surface area contributed by atoms with Crippen molar-refractivity contribution in [3.8, 4) is 0 Å². The number of nitrogens with one attached hydrogen (secondary N) is 3. The van der Waals surface area contributed by atoms with Crippen molar-refractivity contribution in [1.29, 1.82) is 0 Å². The maximum absolute atomic E-state index is 13.4. The summed E-state index contributed by atoms with van der Waals surface area (Å²) in [5.41, 5.74) is 3.83. The van der Waals surface area contributed by atoms with Gasteiger partial charge in [0.15, 0.2) is 5.78 Å². The van der Waals surface area contributed by atoms with E-state index in [0.29, 0.717) is 26.1 Å². The van der Waals surface area contributed by atoms with E-state index in [1.165, 1.54) is 0 Å². The molecule has 4 N–H and O–H groups in total. The molecule has 2 fully saturated rings. The van der Waals surface area contributed by atoms with E-state index in [1.807, 2.05) is 30.3 Å². The van der Waals surface area contributed by atoms with Crippen LogP contribution >= 0.6 is 0 Å². The van der Waals surface area contributed by atoms with Crippen LogP contribution < -0.4 is 16.1 Å². The number of ether oxygens (including phenoxy) is 1. The summed E-state index contributed by atoms with van der Waals surface area (Å²) in [6.45, 7) is 2.18. The smallest absolute Gasteiger partial charge is 0.410 e. The quantitative estimate of drug-likeness (QED) is 0.398. The zero-order valence-electron chi connectivity index (χ0n) is 18.0. The van der Waals surface area contributed by atoms with Gasteiger partial charge in [0.25, 0.3) is 0 Å². The first-order chi connectivity index (χ1) is 15.6. The van der Waals surface area contributed by atoms with E-state index in [4.69, 9.17) is 4.74 Å². The van der Waals surface area contributed by atoms with Gasteiger partial charge in [0.1, 0.15) is 6.10 Å². The summed E-state index contributed by atoms with van der Waals surface area (Å²) in [7, 11) is 0. The third-order valence-corrected chi connectivity index (χ3v) is 6.49. The number of piperidine rings is 1. The van der Waals surface area contributed by atoms with Crippen LogP contribution in [0.5, 0.6) is 0 Å². The molecule has 0 aliphatic carbocycles. The Hall–Kier alpha value is -2.75. The van der Waals surface area contributed by atoms with Gasteiger partial charge >= 0.3 is 6.09 Å². The lowest BCUT2D eigenvalue weighted by molar-refractivity contribution is -0.141. The Bertz CT molecular complexity index is 868. The number of likely N-dealkylation sites (tertiary alicyclic amines) is 1. The number of benzene rings is 1. The Labute approximate surface area is 187 Å². The van der Waals surface area contributed by atoms with E-state index in [1.54, 1.807) is 10.4 Å². The van der Waals surface area contributed by atoms with Crippen molar-refractivity contribution in [1.82, 2.24) is 21.0 Å². The van der Waals surface area contributed by atoms with Crippen molar-refractivity contribution < 1.29 is 24.3 Å². The van der Waals surface area contributed by atoms with Gasteiger partial charge in [0.05, 0.1) is 18.0 Å². The minimum Gasteiger partial charge on any atom is -0.445 e. The number of amides is 2. The minimum absolute atomic E-state index is 0.135. The molecule has 3 aliphatic rings. The van der Waals surface area contributed by atoms with Crippen LogP contribution in [0.1, 0.15) is 31.2 Å². The summed E-state index contributed by atoms with van der Waals surface area (Å²) >= 11 is 0. The first-order valence-electron chi connectivity index (χ1n) is 11.2. The van der Waals surface area contributed by atoms with Crippen LogP contribution in [-0.2, 0) is 14.3 Å². The maximum atomic E-state index is 13.4. The number of Topliss-reactive ketones (excluding diaryl/α,β-unsaturated/α-hetero) is 1. The number of carbonyl (C=O) groups excluding carboxylic acids is 3. The monoisotopic (exact) mass is 442 g/mol. The zero-order chi connectivity index (χ0) is 22.5. The summed E-state index contributed by atoms with van der Waals surface area (Å²) in [5, 5.41) is 15.6. The van der Waals surface area contributed by atoms with Crippen molar-refractivity contribution in [3.05, 3.63) is 42.0 Å². The van der Waals surface area contributed by atoms with E-state index >= 15 is 0 Å². The third kappa shape index (κ3) is 5.01. The lowest BCUT2D eigenvalue weighted by Crippen LogP contribution is -2.60. The Balaban J connectivity index is 1.41. The molecular weight excluding hydrogens is 412 g/mol. The molecule has 9 nitrogen and oxygen atoms in total. The molecule has 1 aromatic rings. The molecule has 0 bridgehead atoms. The average Bonchev–Trinajstić information content (AvgIpc) is 3.39. The van der Waals surface area contributed by atoms with E-state index in [9.17, 15) is 19.6 Å². The van der Waals surface area contributed by atoms with Gasteiger partial charge in [0.2, 0.25) is 5.91 Å². The molecule has 1 aromatic carbocycles. The summed E-state index contributed by atoms with van der Waals surface area (Å²) in [4.78, 5) is 39.8. The van der Waals surface area contributed by atoms with Crippen LogP contribution in [0, 0.1) is 5.92 Å². The molecule has 32 heavy (non-hydrogen) atoms. The molecule has 2 unspecified atom stereocenters. The van der Waals surface area contributed by atoms with Gasteiger partial charge in [-0.1, -0.05) is 36.4 Å². The van der Waals surface area contributed by atoms with E-state index in [-0.39, 0.29) is 18.7 Å². The van der Waals surface area contributed by atoms with E-state index < -0.39 is 36.1 Å². The SMILES string of the molecule is O=C(NO)[C@H]1CC(OC(=O)N2CCCC2)CN[C@@H]1C(=O)C1CC(c2ccccc2)=CCN1. The third-order valence-electron chi connectivity index (χ3n) is 6.49. The highest BCUT2D eigenvalue weighted by Gasteiger charge is 2.43. The lowest BCUT2D eigenvalue weighted by Gasteiger charge is -2.37. The number of carbonyl (C=O) groups is 3. The van der Waals surface area contributed by atoms with Crippen LogP contribution in [-0.4, -0.2) is 72.3 Å². The second-order valence-corrected chi connectivity index (χ2v) is 8.57. The predicted octanol–water partition coefficient (Wildman–Crippen LogP) is 1.09. The van der Waals surface area contributed by atoms with Crippen LogP contribution in [0.15, 0.2) is 36.4 Å². The average molecular weight is 443 g/mol. The van der Waals surface area contributed by atoms with E-state index in [0.717, 1.165) is 24.0 Å². The Morgan fingerprint density at radius 2 is 1.84 bits per heavy atom. The van der Waals surface area contributed by atoms with Gasteiger partial charge in [-0.2, -0.15) is 0 Å². The molecule has 4 rings (SSSR count). The Morgan fingerprint density at radius 3 is 2.56 bits per heavy atom. The van der Waals surface area contributed by atoms with Crippen LogP contribution in [0.2, 0.25) is 0 Å². The largest absolute Gasteiger partial charge is 0.445 e. The molecular formula is C23H30N4O5. The van der Waals surface area contributed by atoms with Crippen molar-refractivity contribution >= 4 is 23.4 Å². The van der Waals surface area contributed by atoms with Gasteiger partial charge < -0.3 is 20.3 Å². The van der Waals surface area contributed by atoms with Crippen LogP contribution in [0.4, 0.5) is 4.79 Å². The molecule has 0 aromatic heterocycles. The van der Waals surface area contributed by atoms with E-state index in [2.05, 4.69) is 16.7 Å². The fourth-order valence-electron chi connectivity index (χ4n) is 4.76. The van der Waals surface area contributed by atoms with Gasteiger partial charge in [-0.15, -0.1) is 0 Å². The second-order valence-electron chi connectivity index (χ2n) is 8.57. The van der Waals surface area contributed by atoms with Crippen LogP contribution in [0.25, 0.3) is 5.57 Å². The molecule has 0 spiro atoms. The predicted molar refractivity (Wildman–Crippen MR) is 117 cm³/mol. The number of hydrogen-bond donors (Lipinski definition) is 4. The first kappa shape index (κ1) is 22.4. The van der Waals surface area contributed by atoms with Crippen molar-refractivity contribution in [2.75, 3.05) is 26.2 Å². The fourth-order valence-corrected chi connectivity index (χ4v) is 4.76. The first-order valence-corrected chi connectivity index (χ1v) is 11.2. The summed E-state index contributed by atoms with van der Waals surface area (Å²) in [5.74, 6) is -1.64. The standard InChI is InChI=1S/C23H30N4O5/c28-21(19-12-16(8-9-24-19)15-6-2-1-3-7-15)20-18(22(29)26-31)13-17(14-25-20)32-23(30)27-10-4-5-11-27/h1-3,6-8,17-20,24-25,31H,4-5,9-14H2,(H,26,29)/t17?,18-,19?,20-/m0/s1. The molecule has 2 saturated heterocycles. The fraction of sp³-hybridized carbons (Fsp3) is 0.522. The molecule has 0 radical (unpaired) electrons. The lowest BCUT2D eigenvalue weighted by atomic mass is 9.82. The summed E-state index contributed by atoms with van der Waals surface area (Å²) in [6, 6.07) is 8.66. The van der Waals surface area contributed by atoms with Gasteiger partial charge in [-0.3, -0.25) is 14.8 Å². The number of nitrogens with zero attached hydrogens (tertiary/aromatic N) is 1. The highest BCUT2D eigenvalue weighted by atomic mass is 16.6. The molecule has 3 aliphatic heterocycles. The zero-order valence-corrected chi connectivity index (χ0v) is 18.0. The van der Waals surface area contributed by atoms with Crippen molar-refractivity contribution in [3.63, 3.8) is 0 Å². The Morgan fingerprint density at radius 1 is 1.09 bits per heavy atom. The number of hydroxylamine groups is 1. The van der Waals surface area contributed by atoms with Gasteiger partial charge in [-0.25, -0.2) is 10.3 Å².